The highest BCUT2D eigenvalue weighted by Gasteiger charge is 2.20. The van der Waals surface area contributed by atoms with E-state index >= 15 is 0 Å². The Bertz CT molecular complexity index is 924. The largest absolute Gasteiger partial charge is 0.351 e. The van der Waals surface area contributed by atoms with Crippen LogP contribution in [0.2, 0.25) is 0 Å². The van der Waals surface area contributed by atoms with Gasteiger partial charge in [0, 0.05) is 30.7 Å². The topological polar surface area (TPSA) is 45.2 Å². The van der Waals surface area contributed by atoms with Gasteiger partial charge in [-0.15, -0.1) is 0 Å². The minimum atomic E-state index is -0.114. The zero-order valence-corrected chi connectivity index (χ0v) is 15.3. The maximum Gasteiger partial charge on any atom is 0.269 e. The second-order valence-electron chi connectivity index (χ2n) is 6.77. The molecule has 27 heavy (non-hydrogen) atoms. The molecule has 0 bridgehead atoms. The van der Waals surface area contributed by atoms with Crippen molar-refractivity contribution in [3.05, 3.63) is 89.7 Å². The SMILES string of the molecule is O=C(NCCCc1ccccc1)c1cc(N2CCc3ccccc32)ccn1. The number of aromatic nitrogens is 1. The predicted molar refractivity (Wildman–Crippen MR) is 108 cm³/mol. The molecular weight excluding hydrogens is 334 g/mol. The van der Waals surface area contributed by atoms with Gasteiger partial charge in [0.1, 0.15) is 5.69 Å². The van der Waals surface area contributed by atoms with Crippen LogP contribution in [0.3, 0.4) is 0 Å². The molecule has 0 spiro atoms. The lowest BCUT2D eigenvalue weighted by Gasteiger charge is -2.19. The number of benzene rings is 2. The minimum Gasteiger partial charge on any atom is -0.351 e. The van der Waals surface area contributed by atoms with Gasteiger partial charge in [-0.05, 0) is 48.6 Å². The summed E-state index contributed by atoms with van der Waals surface area (Å²) in [5, 5.41) is 2.99. The molecule has 1 aliphatic heterocycles. The Morgan fingerprint density at radius 1 is 1.04 bits per heavy atom. The summed E-state index contributed by atoms with van der Waals surface area (Å²) in [4.78, 5) is 19.0. The fourth-order valence-electron chi connectivity index (χ4n) is 3.55. The van der Waals surface area contributed by atoms with Crippen LogP contribution < -0.4 is 10.2 Å². The van der Waals surface area contributed by atoms with Crippen LogP contribution in [0.5, 0.6) is 0 Å². The molecule has 4 rings (SSSR count). The quantitative estimate of drug-likeness (QED) is 0.675. The number of nitrogens with zero attached hydrogens (tertiary/aromatic N) is 2. The molecule has 0 radical (unpaired) electrons. The van der Waals surface area contributed by atoms with Gasteiger partial charge in [0.05, 0.1) is 0 Å². The Hall–Kier alpha value is -3.14. The molecule has 0 aliphatic carbocycles. The number of rotatable bonds is 6. The fourth-order valence-corrected chi connectivity index (χ4v) is 3.55. The standard InChI is InChI=1S/C23H23N3O/c27-23(25-14-6-9-18-7-2-1-3-8-18)21-17-20(12-15-24-21)26-16-13-19-10-4-5-11-22(19)26/h1-5,7-8,10-12,15,17H,6,9,13-14,16H2,(H,25,27). The van der Waals surface area contributed by atoms with Gasteiger partial charge in [0.25, 0.3) is 5.91 Å². The van der Waals surface area contributed by atoms with E-state index in [1.165, 1.54) is 16.8 Å². The van der Waals surface area contributed by atoms with Crippen LogP contribution in [0, 0.1) is 0 Å². The number of amides is 1. The second kappa shape index (κ2) is 8.04. The highest BCUT2D eigenvalue weighted by Crippen LogP contribution is 2.34. The van der Waals surface area contributed by atoms with Gasteiger partial charge in [0.2, 0.25) is 0 Å². The number of carbonyl (C=O) groups excluding carboxylic acids is 1. The molecule has 1 aromatic heterocycles. The van der Waals surface area contributed by atoms with Crippen LogP contribution in [0.1, 0.15) is 28.0 Å². The Kier molecular flexibility index (Phi) is 5.15. The Labute approximate surface area is 159 Å². The molecule has 0 fully saturated rings. The average Bonchev–Trinajstić information content (AvgIpc) is 3.16. The number of hydrogen-bond acceptors (Lipinski definition) is 3. The number of nitrogens with one attached hydrogen (secondary N) is 1. The third-order valence-electron chi connectivity index (χ3n) is 4.95. The molecule has 1 N–H and O–H groups in total. The van der Waals surface area contributed by atoms with Crippen molar-refractivity contribution in [1.82, 2.24) is 10.3 Å². The van der Waals surface area contributed by atoms with E-state index in [1.54, 1.807) is 6.20 Å². The Morgan fingerprint density at radius 2 is 1.85 bits per heavy atom. The summed E-state index contributed by atoms with van der Waals surface area (Å²) in [5.74, 6) is -0.114. The first-order chi connectivity index (χ1) is 13.3. The maximum absolute atomic E-state index is 12.5. The molecule has 4 heteroatoms. The summed E-state index contributed by atoms with van der Waals surface area (Å²) in [6, 6.07) is 22.6. The zero-order valence-electron chi connectivity index (χ0n) is 15.3. The van der Waals surface area contributed by atoms with Crippen LogP contribution in [0.15, 0.2) is 72.9 Å². The number of pyridine rings is 1. The van der Waals surface area contributed by atoms with Crippen LogP contribution >= 0.6 is 0 Å². The van der Waals surface area contributed by atoms with Crippen LogP contribution in [-0.2, 0) is 12.8 Å². The monoisotopic (exact) mass is 357 g/mol. The van der Waals surface area contributed by atoms with Crippen molar-refractivity contribution < 1.29 is 4.79 Å². The van der Waals surface area contributed by atoms with E-state index in [4.69, 9.17) is 0 Å². The number of para-hydroxylation sites is 1. The number of anilines is 2. The molecule has 0 unspecified atom stereocenters. The molecule has 0 saturated heterocycles. The van der Waals surface area contributed by atoms with E-state index in [0.29, 0.717) is 12.2 Å². The van der Waals surface area contributed by atoms with E-state index in [0.717, 1.165) is 31.5 Å². The predicted octanol–water partition coefficient (Wildman–Crippen LogP) is 4.14. The first kappa shape index (κ1) is 17.3. The van der Waals surface area contributed by atoms with Crippen molar-refractivity contribution in [2.24, 2.45) is 0 Å². The van der Waals surface area contributed by atoms with Crippen LogP contribution in [-0.4, -0.2) is 24.0 Å². The molecule has 2 heterocycles. The lowest BCUT2D eigenvalue weighted by Crippen LogP contribution is -2.26. The van der Waals surface area contributed by atoms with Crippen LogP contribution in [0.4, 0.5) is 11.4 Å². The van der Waals surface area contributed by atoms with Crippen molar-refractivity contribution in [3.63, 3.8) is 0 Å². The smallest absolute Gasteiger partial charge is 0.269 e. The van der Waals surface area contributed by atoms with Gasteiger partial charge in [0.15, 0.2) is 0 Å². The molecular formula is C23H23N3O. The molecule has 1 aliphatic rings. The average molecular weight is 357 g/mol. The van der Waals surface area contributed by atoms with Gasteiger partial charge in [-0.25, -0.2) is 0 Å². The Morgan fingerprint density at radius 3 is 2.74 bits per heavy atom. The maximum atomic E-state index is 12.5. The van der Waals surface area contributed by atoms with Crippen molar-refractivity contribution in [2.75, 3.05) is 18.0 Å². The van der Waals surface area contributed by atoms with E-state index in [9.17, 15) is 4.79 Å². The van der Waals surface area contributed by atoms with Crippen molar-refractivity contribution in [1.29, 1.82) is 0 Å². The highest BCUT2D eigenvalue weighted by molar-refractivity contribution is 5.93. The second-order valence-corrected chi connectivity index (χ2v) is 6.77. The first-order valence-electron chi connectivity index (χ1n) is 9.45. The fraction of sp³-hybridized carbons (Fsp3) is 0.217. The van der Waals surface area contributed by atoms with Crippen molar-refractivity contribution in [3.8, 4) is 0 Å². The van der Waals surface area contributed by atoms with E-state index in [-0.39, 0.29) is 5.91 Å². The van der Waals surface area contributed by atoms with Gasteiger partial charge in [-0.2, -0.15) is 0 Å². The minimum absolute atomic E-state index is 0.114. The van der Waals surface area contributed by atoms with Crippen molar-refractivity contribution in [2.45, 2.75) is 19.3 Å². The number of fused-ring (bicyclic) bond motifs is 1. The van der Waals surface area contributed by atoms with E-state index < -0.39 is 0 Å². The normalized spacial score (nSPS) is 12.7. The van der Waals surface area contributed by atoms with Gasteiger partial charge < -0.3 is 10.2 Å². The molecule has 4 nitrogen and oxygen atoms in total. The molecule has 3 aromatic rings. The summed E-state index contributed by atoms with van der Waals surface area (Å²) in [7, 11) is 0. The molecule has 0 saturated carbocycles. The van der Waals surface area contributed by atoms with Gasteiger partial charge in [-0.1, -0.05) is 48.5 Å². The molecule has 2 aromatic carbocycles. The molecule has 136 valence electrons. The number of carbonyl (C=O) groups is 1. The van der Waals surface area contributed by atoms with E-state index in [1.807, 2.05) is 30.3 Å². The third-order valence-corrected chi connectivity index (χ3v) is 4.95. The summed E-state index contributed by atoms with van der Waals surface area (Å²) in [6.07, 6.45) is 4.61. The van der Waals surface area contributed by atoms with Crippen molar-refractivity contribution >= 4 is 17.3 Å². The summed E-state index contributed by atoms with van der Waals surface area (Å²) < 4.78 is 0. The lowest BCUT2D eigenvalue weighted by atomic mass is 10.1. The summed E-state index contributed by atoms with van der Waals surface area (Å²) in [6.45, 7) is 1.58. The highest BCUT2D eigenvalue weighted by atomic mass is 16.1. The summed E-state index contributed by atoms with van der Waals surface area (Å²) >= 11 is 0. The molecule has 1 amide bonds. The van der Waals surface area contributed by atoms with Gasteiger partial charge >= 0.3 is 0 Å². The van der Waals surface area contributed by atoms with Gasteiger partial charge in [-0.3, -0.25) is 9.78 Å². The van der Waals surface area contributed by atoms with E-state index in [2.05, 4.69) is 51.6 Å². The van der Waals surface area contributed by atoms with Crippen LogP contribution in [0.25, 0.3) is 0 Å². The summed E-state index contributed by atoms with van der Waals surface area (Å²) in [5.41, 5.74) is 5.35. The zero-order chi connectivity index (χ0) is 18.5. The first-order valence-corrected chi connectivity index (χ1v) is 9.45. The number of aryl methyl sites for hydroxylation is 1. The number of hydrogen-bond donors (Lipinski definition) is 1. The Balaban J connectivity index is 1.37. The lowest BCUT2D eigenvalue weighted by molar-refractivity contribution is 0.0948. The third kappa shape index (κ3) is 4.00. The molecule has 0 atom stereocenters.